The largest absolute Gasteiger partial charge is 0.380 e. The molecule has 0 spiro atoms. The Hall–Kier alpha value is -1.46. The lowest BCUT2D eigenvalue weighted by Crippen LogP contribution is -2.31. The molecule has 1 aromatic carbocycles. The molecule has 4 heteroatoms. The number of allylic oxidation sites excluding steroid dienone is 4. The molecule has 0 atom stereocenters. The Morgan fingerprint density at radius 1 is 0.683 bits per heavy atom. The lowest BCUT2D eigenvalue weighted by Gasteiger charge is -2.28. The lowest BCUT2D eigenvalue weighted by molar-refractivity contribution is -0.0706. The molecule has 0 N–H and O–H groups in total. The molecule has 1 aliphatic rings. The van der Waals surface area contributed by atoms with Gasteiger partial charge in [0.15, 0.2) is 0 Å². The van der Waals surface area contributed by atoms with Crippen LogP contribution in [-0.4, -0.2) is 38.6 Å². The Morgan fingerprint density at radius 3 is 1.78 bits per heavy atom. The third-order valence-corrected chi connectivity index (χ3v) is 7.21. The quantitative estimate of drug-likeness (QED) is 0.137. The van der Waals surface area contributed by atoms with Crippen LogP contribution in [0.15, 0.2) is 48.6 Å². The summed E-state index contributed by atoms with van der Waals surface area (Å²) in [6, 6.07) is 8.32. The van der Waals surface area contributed by atoms with E-state index in [2.05, 4.69) is 90.1 Å². The summed E-state index contributed by atoms with van der Waals surface area (Å²) in [5, 5.41) is 0. The first kappa shape index (κ1) is 39.5. The predicted octanol–water partition coefficient (Wildman–Crippen LogP) is 10.8. The Kier molecular flexibility index (Phi) is 25.3. The van der Waals surface area contributed by atoms with Crippen LogP contribution in [0.25, 0.3) is 0 Å². The Morgan fingerprint density at radius 2 is 1.24 bits per heavy atom. The molecule has 0 unspecified atom stereocenters. The zero-order valence-corrected chi connectivity index (χ0v) is 28.3. The maximum absolute atomic E-state index is 5.99. The van der Waals surface area contributed by atoms with Gasteiger partial charge in [-0.25, -0.2) is 0 Å². The van der Waals surface area contributed by atoms with Crippen LogP contribution in [-0.2, 0) is 32.2 Å². The van der Waals surface area contributed by atoms with Gasteiger partial charge in [0.25, 0.3) is 0 Å². The molecular weight excluding hydrogens is 508 g/mol. The molecule has 1 aliphatic carbocycles. The van der Waals surface area contributed by atoms with Crippen LogP contribution in [0.4, 0.5) is 0 Å². The molecule has 4 nitrogen and oxygen atoms in total. The van der Waals surface area contributed by atoms with Gasteiger partial charge in [-0.1, -0.05) is 94.5 Å². The van der Waals surface area contributed by atoms with E-state index < -0.39 is 0 Å². The number of hydrogen-bond acceptors (Lipinski definition) is 4. The fourth-order valence-corrected chi connectivity index (χ4v) is 3.99. The highest BCUT2D eigenvalue weighted by atomic mass is 16.5. The Balaban J connectivity index is 0.000000762. The van der Waals surface area contributed by atoms with E-state index in [0.717, 1.165) is 12.8 Å². The van der Waals surface area contributed by atoms with Crippen LogP contribution >= 0.6 is 0 Å². The third-order valence-electron chi connectivity index (χ3n) is 7.21. The average Bonchev–Trinajstić information content (AvgIpc) is 2.92. The Bertz CT molecular complexity index is 739. The molecular formula is C37H66O4. The maximum atomic E-state index is 5.99. The minimum absolute atomic E-state index is 0.137. The minimum Gasteiger partial charge on any atom is -0.380 e. The van der Waals surface area contributed by atoms with Crippen LogP contribution in [0.1, 0.15) is 136 Å². The number of hydrogen-bond donors (Lipinski definition) is 0. The molecule has 0 bridgehead atoms. The van der Waals surface area contributed by atoms with E-state index in [1.165, 1.54) is 81.8 Å². The highest BCUT2D eigenvalue weighted by Crippen LogP contribution is 2.19. The monoisotopic (exact) mass is 574 g/mol. The number of rotatable bonds is 17. The first-order valence-corrected chi connectivity index (χ1v) is 16.3. The van der Waals surface area contributed by atoms with Gasteiger partial charge in [0, 0.05) is 20.8 Å². The summed E-state index contributed by atoms with van der Waals surface area (Å²) in [7, 11) is 3.44. The highest BCUT2D eigenvalue weighted by Gasteiger charge is 2.21. The lowest BCUT2D eigenvalue weighted by atomic mass is 10.0. The van der Waals surface area contributed by atoms with Crippen LogP contribution < -0.4 is 0 Å². The van der Waals surface area contributed by atoms with E-state index in [-0.39, 0.29) is 11.2 Å². The van der Waals surface area contributed by atoms with Crippen LogP contribution in [0, 0.1) is 0 Å². The van der Waals surface area contributed by atoms with Crippen molar-refractivity contribution in [1.29, 1.82) is 0 Å². The molecule has 1 aromatic rings. The van der Waals surface area contributed by atoms with E-state index >= 15 is 0 Å². The minimum atomic E-state index is -0.188. The second kappa shape index (κ2) is 26.2. The maximum Gasteiger partial charge on any atom is 0.0716 e. The SMILES string of the molecule is C1=C\CCCCCC/1.CCC/C=C\CCCC.COCc1ccc(COCCC(C)(C)OCCC(C)(C)OC)cc1. The van der Waals surface area contributed by atoms with Gasteiger partial charge >= 0.3 is 0 Å². The van der Waals surface area contributed by atoms with Gasteiger partial charge in [0.1, 0.15) is 0 Å². The summed E-state index contributed by atoms with van der Waals surface area (Å²) < 4.78 is 22.3. The van der Waals surface area contributed by atoms with Crippen molar-refractivity contribution in [3.8, 4) is 0 Å². The number of unbranched alkanes of at least 4 members (excludes halogenated alkanes) is 3. The summed E-state index contributed by atoms with van der Waals surface area (Å²) in [6.07, 6.45) is 25.8. The predicted molar refractivity (Wildman–Crippen MR) is 178 cm³/mol. The molecule has 0 aliphatic heterocycles. The second-order valence-electron chi connectivity index (χ2n) is 12.2. The van der Waals surface area contributed by atoms with E-state index in [4.69, 9.17) is 18.9 Å². The standard InChI is InChI=1S/C20H34O4.C9H18.C8H14/c1-19(2,22-6)12-14-24-20(3,4)11-13-23-16-18-9-7-17(8-10-18)15-21-5;1-3-5-7-9-8-6-4-2;1-2-4-6-8-7-5-3-1/h7-10H,11-16H2,1-6H3;7,9H,3-6,8H2,1-2H3;1-2H,3-8H2/b;9-7-;2-1-. The third kappa shape index (κ3) is 25.9. The van der Waals surface area contributed by atoms with Crippen molar-refractivity contribution >= 4 is 0 Å². The molecule has 0 heterocycles. The van der Waals surface area contributed by atoms with Crippen molar-refractivity contribution in [2.45, 2.75) is 149 Å². The molecule has 0 aromatic heterocycles. The van der Waals surface area contributed by atoms with Gasteiger partial charge in [-0.05, 0) is 90.2 Å². The first-order chi connectivity index (χ1) is 19.7. The molecule has 0 saturated carbocycles. The number of ether oxygens (including phenoxy) is 4. The summed E-state index contributed by atoms with van der Waals surface area (Å²) in [4.78, 5) is 0. The average molecular weight is 575 g/mol. The molecule has 0 amide bonds. The zero-order valence-electron chi connectivity index (χ0n) is 28.3. The van der Waals surface area contributed by atoms with Crippen molar-refractivity contribution in [3.63, 3.8) is 0 Å². The van der Waals surface area contributed by atoms with Crippen LogP contribution in [0.2, 0.25) is 0 Å². The highest BCUT2D eigenvalue weighted by molar-refractivity contribution is 5.21. The first-order valence-electron chi connectivity index (χ1n) is 16.3. The van der Waals surface area contributed by atoms with Crippen molar-refractivity contribution in [1.82, 2.24) is 0 Å². The zero-order chi connectivity index (χ0) is 30.7. The van der Waals surface area contributed by atoms with E-state index in [9.17, 15) is 0 Å². The van der Waals surface area contributed by atoms with E-state index in [1.54, 1.807) is 14.2 Å². The molecule has 41 heavy (non-hydrogen) atoms. The van der Waals surface area contributed by atoms with Gasteiger partial charge in [-0.2, -0.15) is 0 Å². The summed E-state index contributed by atoms with van der Waals surface area (Å²) >= 11 is 0. The second-order valence-corrected chi connectivity index (χ2v) is 12.2. The normalized spacial score (nSPS) is 14.8. The van der Waals surface area contributed by atoms with Gasteiger partial charge in [-0.15, -0.1) is 0 Å². The van der Waals surface area contributed by atoms with Gasteiger partial charge in [0.05, 0.1) is 31.0 Å². The molecule has 0 saturated heterocycles. The van der Waals surface area contributed by atoms with Crippen molar-refractivity contribution in [2.24, 2.45) is 0 Å². The topological polar surface area (TPSA) is 36.9 Å². The van der Waals surface area contributed by atoms with Crippen molar-refractivity contribution in [3.05, 3.63) is 59.7 Å². The molecule has 0 radical (unpaired) electrons. The van der Waals surface area contributed by atoms with Crippen molar-refractivity contribution in [2.75, 3.05) is 27.4 Å². The fraction of sp³-hybridized carbons (Fsp3) is 0.730. The summed E-state index contributed by atoms with van der Waals surface area (Å²) in [5.41, 5.74) is 2.03. The van der Waals surface area contributed by atoms with Gasteiger partial charge in [0.2, 0.25) is 0 Å². The van der Waals surface area contributed by atoms with Crippen LogP contribution in [0.3, 0.4) is 0 Å². The van der Waals surface area contributed by atoms with E-state index in [1.807, 2.05) is 0 Å². The van der Waals surface area contributed by atoms with Crippen molar-refractivity contribution < 1.29 is 18.9 Å². The molecule has 238 valence electrons. The van der Waals surface area contributed by atoms with Gasteiger partial charge in [-0.3, -0.25) is 0 Å². The number of benzene rings is 1. The fourth-order valence-electron chi connectivity index (χ4n) is 3.99. The summed E-state index contributed by atoms with van der Waals surface area (Å²) in [6.45, 7) is 15.4. The molecule has 0 fully saturated rings. The number of methoxy groups -OCH3 is 2. The molecule has 2 rings (SSSR count). The van der Waals surface area contributed by atoms with Gasteiger partial charge < -0.3 is 18.9 Å². The Labute approximate surface area is 255 Å². The smallest absolute Gasteiger partial charge is 0.0716 e. The summed E-state index contributed by atoms with van der Waals surface area (Å²) in [5.74, 6) is 0. The van der Waals surface area contributed by atoms with E-state index in [0.29, 0.717) is 26.4 Å². The van der Waals surface area contributed by atoms with Crippen LogP contribution in [0.5, 0.6) is 0 Å².